The van der Waals surface area contributed by atoms with Crippen molar-refractivity contribution >= 4 is 5.69 Å². The second-order valence-corrected chi connectivity index (χ2v) is 4.60. The highest BCUT2D eigenvalue weighted by Crippen LogP contribution is 2.53. The van der Waals surface area contributed by atoms with Crippen LogP contribution in [0.25, 0.3) is 0 Å². The molecule has 0 saturated heterocycles. The molecule has 3 unspecified atom stereocenters. The van der Waals surface area contributed by atoms with Crippen molar-refractivity contribution < 1.29 is 4.74 Å². The van der Waals surface area contributed by atoms with Crippen LogP contribution in [-0.2, 0) is 10.3 Å². The lowest BCUT2D eigenvalue weighted by atomic mass is 9.99. The first-order valence-corrected chi connectivity index (χ1v) is 5.85. The Morgan fingerprint density at radius 2 is 2.19 bits per heavy atom. The van der Waals surface area contributed by atoms with Gasteiger partial charge in [-0.15, -0.1) is 0 Å². The zero-order valence-electron chi connectivity index (χ0n) is 9.94. The second-order valence-electron chi connectivity index (χ2n) is 4.60. The Bertz CT molecular complexity index is 380. The van der Waals surface area contributed by atoms with Crippen molar-refractivity contribution in [3.63, 3.8) is 0 Å². The van der Waals surface area contributed by atoms with Crippen LogP contribution in [0.4, 0.5) is 5.69 Å². The molecule has 4 N–H and O–H groups in total. The van der Waals surface area contributed by atoms with Crippen molar-refractivity contribution in [1.82, 2.24) is 0 Å². The Morgan fingerprint density at radius 1 is 1.50 bits per heavy atom. The van der Waals surface area contributed by atoms with Gasteiger partial charge in [-0.05, 0) is 31.9 Å². The quantitative estimate of drug-likeness (QED) is 0.761. The molecule has 2 rings (SSSR count). The first-order valence-electron chi connectivity index (χ1n) is 5.85. The van der Waals surface area contributed by atoms with Crippen molar-refractivity contribution in [3.8, 4) is 0 Å². The minimum Gasteiger partial charge on any atom is -0.398 e. The molecule has 1 aromatic rings. The van der Waals surface area contributed by atoms with Gasteiger partial charge in [0.15, 0.2) is 0 Å². The third kappa shape index (κ3) is 1.81. The van der Waals surface area contributed by atoms with Crippen molar-refractivity contribution in [1.29, 1.82) is 0 Å². The number of anilines is 1. The molecule has 0 radical (unpaired) electrons. The number of para-hydroxylation sites is 1. The Morgan fingerprint density at radius 3 is 2.81 bits per heavy atom. The summed E-state index contributed by atoms with van der Waals surface area (Å²) in [6.07, 6.45) is 1.16. The van der Waals surface area contributed by atoms with Crippen molar-refractivity contribution in [3.05, 3.63) is 29.8 Å². The van der Waals surface area contributed by atoms with E-state index in [1.807, 2.05) is 31.2 Å². The molecule has 3 atom stereocenters. The molecule has 3 nitrogen and oxygen atoms in total. The molecule has 88 valence electrons. The van der Waals surface area contributed by atoms with E-state index in [2.05, 4.69) is 6.92 Å². The first-order chi connectivity index (χ1) is 7.59. The maximum absolute atomic E-state index is 6.38. The molecule has 0 aromatic heterocycles. The highest BCUT2D eigenvalue weighted by Gasteiger charge is 2.55. The lowest BCUT2D eigenvalue weighted by Gasteiger charge is -2.18. The normalized spacial score (nSPS) is 30.1. The van der Waals surface area contributed by atoms with Crippen molar-refractivity contribution in [2.24, 2.45) is 11.7 Å². The molecule has 0 spiro atoms. The Kier molecular flexibility index (Phi) is 2.91. The van der Waals surface area contributed by atoms with E-state index in [-0.39, 0.29) is 11.6 Å². The van der Waals surface area contributed by atoms with E-state index in [0.29, 0.717) is 5.92 Å². The third-order valence-electron chi connectivity index (χ3n) is 3.52. The zero-order valence-corrected chi connectivity index (χ0v) is 9.94. The smallest absolute Gasteiger partial charge is 0.0596 e. The summed E-state index contributed by atoms with van der Waals surface area (Å²) in [6.45, 7) is 4.83. The summed E-state index contributed by atoms with van der Waals surface area (Å²) in [4.78, 5) is 0. The van der Waals surface area contributed by atoms with Gasteiger partial charge in [0.1, 0.15) is 0 Å². The number of nitrogens with two attached hydrogens (primary N) is 2. The van der Waals surface area contributed by atoms with Gasteiger partial charge in [0.05, 0.1) is 6.10 Å². The second kappa shape index (κ2) is 4.07. The molecule has 0 amide bonds. The molecule has 1 aromatic carbocycles. The van der Waals surface area contributed by atoms with Gasteiger partial charge in [-0.25, -0.2) is 0 Å². The van der Waals surface area contributed by atoms with Gasteiger partial charge < -0.3 is 16.2 Å². The number of hydrogen-bond acceptors (Lipinski definition) is 3. The average molecular weight is 220 g/mol. The van der Waals surface area contributed by atoms with E-state index in [9.17, 15) is 0 Å². The predicted octanol–water partition coefficient (Wildman–Crippen LogP) is 1.87. The molecule has 0 bridgehead atoms. The predicted molar refractivity (Wildman–Crippen MR) is 65.9 cm³/mol. The number of nitrogen functional groups attached to an aromatic ring is 1. The third-order valence-corrected chi connectivity index (χ3v) is 3.52. The molecule has 0 aliphatic heterocycles. The average Bonchev–Trinajstić information content (AvgIpc) is 2.93. The SMILES string of the molecule is CCOC(C)C1CC1(N)c1ccccc1N. The number of hydrogen-bond donors (Lipinski definition) is 2. The van der Waals surface area contributed by atoms with Gasteiger partial charge >= 0.3 is 0 Å². The summed E-state index contributed by atoms with van der Waals surface area (Å²) in [5.74, 6) is 0.386. The van der Waals surface area contributed by atoms with E-state index in [1.54, 1.807) is 0 Å². The number of ether oxygens (including phenoxy) is 1. The Labute approximate surface area is 96.8 Å². The number of benzene rings is 1. The fourth-order valence-electron chi connectivity index (χ4n) is 2.50. The lowest BCUT2D eigenvalue weighted by molar-refractivity contribution is 0.0551. The molecule has 0 heterocycles. The van der Waals surface area contributed by atoms with E-state index in [4.69, 9.17) is 16.2 Å². The summed E-state index contributed by atoms with van der Waals surface area (Å²) in [5.41, 5.74) is 13.9. The highest BCUT2D eigenvalue weighted by molar-refractivity contribution is 5.53. The molecule has 3 heteroatoms. The van der Waals surface area contributed by atoms with Crippen LogP contribution >= 0.6 is 0 Å². The summed E-state index contributed by atoms with van der Waals surface area (Å²) in [5, 5.41) is 0. The summed E-state index contributed by atoms with van der Waals surface area (Å²) < 4.78 is 5.60. The molecule has 1 saturated carbocycles. The van der Waals surface area contributed by atoms with Gasteiger partial charge in [0.25, 0.3) is 0 Å². The summed E-state index contributed by atoms with van der Waals surface area (Å²) in [7, 11) is 0. The summed E-state index contributed by atoms with van der Waals surface area (Å²) in [6, 6.07) is 7.85. The van der Waals surface area contributed by atoms with Crippen molar-refractivity contribution in [2.45, 2.75) is 31.9 Å². The van der Waals surface area contributed by atoms with E-state index < -0.39 is 0 Å². The molecule has 1 fully saturated rings. The largest absolute Gasteiger partial charge is 0.398 e. The van der Waals surface area contributed by atoms with Crippen LogP contribution in [0.3, 0.4) is 0 Å². The van der Waals surface area contributed by atoms with Crippen LogP contribution in [0.1, 0.15) is 25.8 Å². The minimum atomic E-state index is -0.278. The van der Waals surface area contributed by atoms with Crippen LogP contribution in [0, 0.1) is 5.92 Å². The van der Waals surface area contributed by atoms with Gasteiger partial charge in [0.2, 0.25) is 0 Å². The van der Waals surface area contributed by atoms with E-state index in [0.717, 1.165) is 24.3 Å². The molecule has 1 aliphatic carbocycles. The highest BCUT2D eigenvalue weighted by atomic mass is 16.5. The summed E-state index contributed by atoms with van der Waals surface area (Å²) >= 11 is 0. The van der Waals surface area contributed by atoms with Crippen LogP contribution in [-0.4, -0.2) is 12.7 Å². The monoisotopic (exact) mass is 220 g/mol. The molecular weight excluding hydrogens is 200 g/mol. The fourth-order valence-corrected chi connectivity index (χ4v) is 2.50. The Balaban J connectivity index is 2.15. The molecule has 1 aliphatic rings. The molecule has 16 heavy (non-hydrogen) atoms. The van der Waals surface area contributed by atoms with Gasteiger partial charge in [-0.3, -0.25) is 0 Å². The van der Waals surface area contributed by atoms with E-state index >= 15 is 0 Å². The zero-order chi connectivity index (χ0) is 11.8. The fraction of sp³-hybridized carbons (Fsp3) is 0.538. The maximum atomic E-state index is 6.38. The van der Waals surface area contributed by atoms with Gasteiger partial charge in [0, 0.05) is 23.8 Å². The lowest BCUT2D eigenvalue weighted by Crippen LogP contribution is -2.28. The van der Waals surface area contributed by atoms with Gasteiger partial charge in [-0.2, -0.15) is 0 Å². The minimum absolute atomic E-state index is 0.203. The Hall–Kier alpha value is -1.06. The standard InChI is InChI=1S/C13H20N2O/c1-3-16-9(2)11-8-13(11,15)10-6-4-5-7-12(10)14/h4-7,9,11H,3,8,14-15H2,1-2H3. The van der Waals surface area contributed by atoms with Crippen LogP contribution in [0.5, 0.6) is 0 Å². The van der Waals surface area contributed by atoms with Crippen LogP contribution < -0.4 is 11.5 Å². The first kappa shape index (κ1) is 11.4. The number of rotatable bonds is 4. The van der Waals surface area contributed by atoms with E-state index in [1.165, 1.54) is 0 Å². The van der Waals surface area contributed by atoms with Crippen LogP contribution in [0.15, 0.2) is 24.3 Å². The van der Waals surface area contributed by atoms with Gasteiger partial charge in [-0.1, -0.05) is 18.2 Å². The molecular formula is C13H20N2O. The van der Waals surface area contributed by atoms with Crippen molar-refractivity contribution in [2.75, 3.05) is 12.3 Å². The van der Waals surface area contributed by atoms with Crippen LogP contribution in [0.2, 0.25) is 0 Å². The topological polar surface area (TPSA) is 61.3 Å². The maximum Gasteiger partial charge on any atom is 0.0596 e.